The van der Waals surface area contributed by atoms with Gasteiger partial charge in [0.05, 0.1) is 5.71 Å². The van der Waals surface area contributed by atoms with E-state index in [1.807, 2.05) is 0 Å². The van der Waals surface area contributed by atoms with E-state index >= 15 is 0 Å². The number of carbonyl (C=O) groups is 1. The van der Waals surface area contributed by atoms with Crippen LogP contribution in [0, 0.1) is 34.5 Å². The van der Waals surface area contributed by atoms with E-state index in [1.54, 1.807) is 0 Å². The number of Topliss-reactive ketones (excluding diaryl/α,β-unsaturated/α-hetero) is 1. The summed E-state index contributed by atoms with van der Waals surface area (Å²) in [6.45, 7) is 7.05. The summed E-state index contributed by atoms with van der Waals surface area (Å²) in [5.74, 6) is 2.67. The minimum absolute atomic E-state index is 0.104. The fourth-order valence-electron chi connectivity index (χ4n) is 8.05. The fraction of sp³-hybridized carbons (Fsp3) is 0.913. The smallest absolute Gasteiger partial charge is 0.139 e. The van der Waals surface area contributed by atoms with Crippen molar-refractivity contribution < 1.29 is 10.0 Å². The highest BCUT2D eigenvalue weighted by molar-refractivity contribution is 8.00. The summed E-state index contributed by atoms with van der Waals surface area (Å²) >= 11 is 2.20. The van der Waals surface area contributed by atoms with Gasteiger partial charge in [-0.15, -0.1) is 0 Å². The van der Waals surface area contributed by atoms with Crippen LogP contribution in [0.5, 0.6) is 0 Å². The second-order valence-electron chi connectivity index (χ2n) is 10.8. The summed E-state index contributed by atoms with van der Waals surface area (Å²) < 4.78 is 0. The van der Waals surface area contributed by atoms with Crippen molar-refractivity contribution in [3.05, 3.63) is 0 Å². The van der Waals surface area contributed by atoms with Crippen LogP contribution in [0.1, 0.15) is 71.6 Å². The molecule has 4 aliphatic carbocycles. The maximum atomic E-state index is 12.6. The largest absolute Gasteiger partial charge is 0.411 e. The Morgan fingerprint density at radius 1 is 1.11 bits per heavy atom. The third-order valence-corrected chi connectivity index (χ3v) is 11.3. The minimum atomic E-state index is -0.104. The van der Waals surface area contributed by atoms with E-state index in [4.69, 9.17) is 0 Å². The summed E-state index contributed by atoms with van der Waals surface area (Å²) in [5, 5.41) is 18.8. The first-order valence-electron chi connectivity index (χ1n) is 11.6. The Labute approximate surface area is 173 Å². The van der Waals surface area contributed by atoms with E-state index < -0.39 is 0 Å². The monoisotopic (exact) mass is 404 g/mol. The standard InChI is InChI=1S/C23H36N2O2S/c1-22-8-5-14(28-15-7-10-24-13-15)11-19(22)20(25-27)12-16-17-3-4-21(26)23(17,2)9-6-18(16)22/h14-19,24,27H,3-13H2,1-2H3/b25-20+/t14-,15?,16+,17+,18+,19?,22-,23+/m1/s1. The minimum Gasteiger partial charge on any atom is -0.411 e. The Morgan fingerprint density at radius 2 is 1.96 bits per heavy atom. The molecule has 5 rings (SSSR count). The Balaban J connectivity index is 1.39. The molecule has 1 aliphatic heterocycles. The molecule has 1 saturated heterocycles. The normalized spacial score (nSPS) is 52.4. The topological polar surface area (TPSA) is 61.7 Å². The summed E-state index contributed by atoms with van der Waals surface area (Å²) in [6, 6.07) is 0. The van der Waals surface area contributed by atoms with Crippen LogP contribution in [0.3, 0.4) is 0 Å². The van der Waals surface area contributed by atoms with Crippen molar-refractivity contribution in [1.29, 1.82) is 0 Å². The zero-order chi connectivity index (χ0) is 19.5. The summed E-state index contributed by atoms with van der Waals surface area (Å²) in [7, 11) is 0. The predicted octanol–water partition coefficient (Wildman–Crippen LogP) is 4.50. The van der Waals surface area contributed by atoms with Gasteiger partial charge >= 0.3 is 0 Å². The molecular formula is C23H36N2O2S. The van der Waals surface area contributed by atoms with Gasteiger partial charge < -0.3 is 10.5 Å². The molecule has 5 heteroatoms. The molecule has 8 atom stereocenters. The van der Waals surface area contributed by atoms with E-state index in [0.717, 1.165) is 49.7 Å². The van der Waals surface area contributed by atoms with Gasteiger partial charge in [0.2, 0.25) is 0 Å². The highest BCUT2D eigenvalue weighted by Gasteiger charge is 2.61. The lowest BCUT2D eigenvalue weighted by molar-refractivity contribution is -0.133. The molecule has 5 aliphatic rings. The number of fused-ring (bicyclic) bond motifs is 5. The van der Waals surface area contributed by atoms with Crippen LogP contribution in [0.25, 0.3) is 0 Å². The molecule has 1 heterocycles. The Morgan fingerprint density at radius 3 is 2.71 bits per heavy atom. The maximum Gasteiger partial charge on any atom is 0.139 e. The lowest BCUT2D eigenvalue weighted by atomic mass is 9.45. The van der Waals surface area contributed by atoms with Crippen LogP contribution in [0.4, 0.5) is 0 Å². The lowest BCUT2D eigenvalue weighted by Gasteiger charge is -2.60. The molecule has 2 N–H and O–H groups in total. The lowest BCUT2D eigenvalue weighted by Crippen LogP contribution is -2.57. The molecule has 4 nitrogen and oxygen atoms in total. The first-order valence-corrected chi connectivity index (χ1v) is 12.5. The SMILES string of the molecule is C[C@]12CC[C@@H](SC3CCNC3)CC1/C(=N/O)C[C@@H]1[C@@H]2CC[C@]2(C)C(=O)CC[C@@H]12. The molecule has 28 heavy (non-hydrogen) atoms. The van der Waals surface area contributed by atoms with Crippen molar-refractivity contribution >= 4 is 23.3 Å². The molecule has 5 fully saturated rings. The molecule has 0 amide bonds. The molecule has 0 radical (unpaired) electrons. The number of hydrogen-bond donors (Lipinski definition) is 2. The van der Waals surface area contributed by atoms with Gasteiger partial charge in [0.25, 0.3) is 0 Å². The van der Waals surface area contributed by atoms with Crippen molar-refractivity contribution in [2.24, 2.45) is 39.7 Å². The number of oxime groups is 1. The van der Waals surface area contributed by atoms with Gasteiger partial charge in [-0.3, -0.25) is 4.79 Å². The molecule has 2 unspecified atom stereocenters. The molecule has 156 valence electrons. The Kier molecular flexibility index (Phi) is 4.86. The van der Waals surface area contributed by atoms with E-state index in [1.165, 1.54) is 32.1 Å². The zero-order valence-electron chi connectivity index (χ0n) is 17.5. The molecular weight excluding hydrogens is 368 g/mol. The van der Waals surface area contributed by atoms with Crippen LogP contribution in [-0.2, 0) is 4.79 Å². The van der Waals surface area contributed by atoms with Gasteiger partial charge in [-0.2, -0.15) is 11.8 Å². The van der Waals surface area contributed by atoms with Crippen LogP contribution in [0.2, 0.25) is 0 Å². The molecule has 0 bridgehead atoms. The van der Waals surface area contributed by atoms with Crippen molar-refractivity contribution in [3.63, 3.8) is 0 Å². The number of thioether (sulfide) groups is 1. The average molecular weight is 405 g/mol. The number of nitrogens with one attached hydrogen (secondary N) is 1. The number of rotatable bonds is 2. The summed E-state index contributed by atoms with van der Waals surface area (Å²) in [5.41, 5.74) is 1.21. The van der Waals surface area contributed by atoms with Crippen molar-refractivity contribution in [3.8, 4) is 0 Å². The molecule has 0 aromatic carbocycles. The van der Waals surface area contributed by atoms with Crippen LogP contribution in [0.15, 0.2) is 5.16 Å². The maximum absolute atomic E-state index is 12.6. The number of nitrogens with zero attached hydrogens (tertiary/aromatic N) is 1. The third-order valence-electron chi connectivity index (χ3n) is 9.67. The quantitative estimate of drug-likeness (QED) is 0.525. The second kappa shape index (κ2) is 7.01. The Bertz CT molecular complexity index is 676. The number of carbonyl (C=O) groups excluding carboxylic acids is 1. The second-order valence-corrected chi connectivity index (χ2v) is 12.4. The number of hydrogen-bond acceptors (Lipinski definition) is 5. The van der Waals surface area contributed by atoms with E-state index in [9.17, 15) is 10.0 Å². The van der Waals surface area contributed by atoms with Gasteiger partial charge in [-0.1, -0.05) is 19.0 Å². The zero-order valence-corrected chi connectivity index (χ0v) is 18.3. The third kappa shape index (κ3) is 2.82. The van der Waals surface area contributed by atoms with Gasteiger partial charge in [-0.25, -0.2) is 0 Å². The first-order chi connectivity index (χ1) is 13.5. The van der Waals surface area contributed by atoms with Gasteiger partial charge in [0, 0.05) is 34.8 Å². The molecule has 0 spiro atoms. The average Bonchev–Trinajstić information content (AvgIpc) is 3.30. The van der Waals surface area contributed by atoms with Crippen molar-refractivity contribution in [2.75, 3.05) is 13.1 Å². The van der Waals surface area contributed by atoms with Crippen LogP contribution < -0.4 is 5.32 Å². The molecule has 0 aromatic heterocycles. The van der Waals surface area contributed by atoms with E-state index in [0.29, 0.717) is 34.7 Å². The van der Waals surface area contributed by atoms with Gasteiger partial charge in [0.15, 0.2) is 0 Å². The summed E-state index contributed by atoms with van der Waals surface area (Å²) in [6.07, 6.45) is 10.1. The van der Waals surface area contributed by atoms with E-state index in [2.05, 4.69) is 36.1 Å². The first kappa shape index (κ1) is 19.4. The molecule has 0 aromatic rings. The van der Waals surface area contributed by atoms with Crippen LogP contribution >= 0.6 is 11.8 Å². The van der Waals surface area contributed by atoms with Gasteiger partial charge in [0.1, 0.15) is 5.78 Å². The highest BCUT2D eigenvalue weighted by atomic mass is 32.2. The van der Waals surface area contributed by atoms with Crippen molar-refractivity contribution in [1.82, 2.24) is 5.32 Å². The van der Waals surface area contributed by atoms with Crippen LogP contribution in [-0.4, -0.2) is 40.3 Å². The van der Waals surface area contributed by atoms with E-state index in [-0.39, 0.29) is 10.8 Å². The highest BCUT2D eigenvalue weighted by Crippen LogP contribution is 2.65. The van der Waals surface area contributed by atoms with Crippen molar-refractivity contribution in [2.45, 2.75) is 82.1 Å². The van der Waals surface area contributed by atoms with Gasteiger partial charge in [-0.05, 0) is 81.1 Å². The predicted molar refractivity (Wildman–Crippen MR) is 114 cm³/mol. The fourth-order valence-corrected chi connectivity index (χ4v) is 9.62. The molecule has 4 saturated carbocycles. The summed E-state index contributed by atoms with van der Waals surface area (Å²) in [4.78, 5) is 12.6. The Hall–Kier alpha value is -0.550. The number of ketones is 1.